The van der Waals surface area contributed by atoms with Gasteiger partial charge in [-0.2, -0.15) is 10.2 Å². The monoisotopic (exact) mass is 220 g/mol. The normalized spacial score (nSPS) is 24.3. The molecule has 1 heterocycles. The molecule has 0 aromatic carbocycles. The number of carbonyl (C=O) groups is 1. The highest BCUT2D eigenvalue weighted by atomic mass is 16.1. The predicted octanol–water partition coefficient (Wildman–Crippen LogP) is 0.220. The van der Waals surface area contributed by atoms with Crippen LogP contribution in [0.1, 0.15) is 25.0 Å². The minimum atomic E-state index is -0.0309. The third-order valence-electron chi connectivity index (χ3n) is 2.98. The Morgan fingerprint density at radius 1 is 1.56 bits per heavy atom. The highest BCUT2D eigenvalue weighted by Crippen LogP contribution is 2.23. The molecule has 5 heteroatoms. The van der Waals surface area contributed by atoms with Crippen LogP contribution < -0.4 is 11.1 Å². The van der Waals surface area contributed by atoms with E-state index in [9.17, 15) is 4.79 Å². The van der Waals surface area contributed by atoms with Crippen LogP contribution in [0.2, 0.25) is 0 Å². The van der Waals surface area contributed by atoms with Crippen LogP contribution in [0, 0.1) is 5.92 Å². The molecule has 0 saturated heterocycles. The van der Waals surface area contributed by atoms with Crippen LogP contribution in [0.4, 0.5) is 0 Å². The van der Waals surface area contributed by atoms with E-state index in [2.05, 4.69) is 15.5 Å². The van der Waals surface area contributed by atoms with Crippen LogP contribution in [0.15, 0.2) is 18.3 Å². The zero-order valence-electron chi connectivity index (χ0n) is 9.10. The zero-order chi connectivity index (χ0) is 11.4. The summed E-state index contributed by atoms with van der Waals surface area (Å²) in [6.07, 6.45) is 4.50. The fourth-order valence-electron chi connectivity index (χ4n) is 2.05. The third kappa shape index (κ3) is 2.55. The van der Waals surface area contributed by atoms with Gasteiger partial charge in [-0.15, -0.1) is 0 Å². The molecule has 16 heavy (non-hydrogen) atoms. The maximum absolute atomic E-state index is 11.8. The van der Waals surface area contributed by atoms with Gasteiger partial charge in [0.1, 0.15) is 0 Å². The summed E-state index contributed by atoms with van der Waals surface area (Å²) < 4.78 is 0. The van der Waals surface area contributed by atoms with Gasteiger partial charge < -0.3 is 11.1 Å². The van der Waals surface area contributed by atoms with Crippen molar-refractivity contribution >= 4 is 5.91 Å². The molecule has 1 fully saturated rings. The first-order valence-corrected chi connectivity index (χ1v) is 5.57. The van der Waals surface area contributed by atoms with Gasteiger partial charge in [0, 0.05) is 12.2 Å². The molecule has 2 atom stereocenters. The Hall–Kier alpha value is -1.49. The van der Waals surface area contributed by atoms with Gasteiger partial charge in [0.15, 0.2) is 0 Å². The Labute approximate surface area is 94.4 Å². The van der Waals surface area contributed by atoms with Crippen molar-refractivity contribution in [2.24, 2.45) is 11.7 Å². The van der Waals surface area contributed by atoms with Gasteiger partial charge in [-0.05, 0) is 25.0 Å². The molecular weight excluding hydrogens is 204 g/mol. The molecule has 1 aromatic rings. The Kier molecular flexibility index (Phi) is 3.46. The van der Waals surface area contributed by atoms with Crippen LogP contribution in [-0.2, 0) is 11.3 Å². The summed E-state index contributed by atoms with van der Waals surface area (Å²) in [5.41, 5.74) is 6.63. The van der Waals surface area contributed by atoms with Gasteiger partial charge in [0.25, 0.3) is 0 Å². The smallest absolute Gasteiger partial charge is 0.224 e. The van der Waals surface area contributed by atoms with E-state index in [1.54, 1.807) is 12.3 Å². The predicted molar refractivity (Wildman–Crippen MR) is 59.2 cm³/mol. The van der Waals surface area contributed by atoms with Gasteiger partial charge in [-0.3, -0.25) is 4.79 Å². The number of carbonyl (C=O) groups excluding carboxylic acids is 1. The van der Waals surface area contributed by atoms with E-state index in [0.717, 1.165) is 25.0 Å². The summed E-state index contributed by atoms with van der Waals surface area (Å²) >= 11 is 0. The van der Waals surface area contributed by atoms with Crippen molar-refractivity contribution in [1.29, 1.82) is 0 Å². The number of nitrogens with one attached hydrogen (secondary N) is 1. The molecule has 0 spiro atoms. The summed E-state index contributed by atoms with van der Waals surface area (Å²) in [4.78, 5) is 11.8. The maximum atomic E-state index is 11.8. The topological polar surface area (TPSA) is 80.9 Å². The van der Waals surface area contributed by atoms with Crippen LogP contribution in [0.3, 0.4) is 0 Å². The highest BCUT2D eigenvalue weighted by molar-refractivity contribution is 5.79. The number of rotatable bonds is 3. The maximum Gasteiger partial charge on any atom is 0.224 e. The van der Waals surface area contributed by atoms with Crippen LogP contribution in [-0.4, -0.2) is 22.1 Å². The summed E-state index contributed by atoms with van der Waals surface area (Å²) in [6.45, 7) is 0.426. The number of hydrogen-bond acceptors (Lipinski definition) is 4. The third-order valence-corrected chi connectivity index (χ3v) is 2.98. The SMILES string of the molecule is NC1CCCC1C(=O)NCc1cccnn1. The van der Waals surface area contributed by atoms with E-state index in [-0.39, 0.29) is 17.9 Å². The molecule has 1 aliphatic carbocycles. The fraction of sp³-hybridized carbons (Fsp3) is 0.545. The Morgan fingerprint density at radius 3 is 3.06 bits per heavy atom. The first kappa shape index (κ1) is 11.0. The second kappa shape index (κ2) is 5.03. The van der Waals surface area contributed by atoms with Gasteiger partial charge in [-0.25, -0.2) is 0 Å². The molecule has 1 saturated carbocycles. The molecule has 1 amide bonds. The van der Waals surface area contributed by atoms with Crippen molar-refractivity contribution in [3.8, 4) is 0 Å². The standard InChI is InChI=1S/C11H16N4O/c12-10-5-1-4-9(10)11(16)13-7-8-3-2-6-14-15-8/h2-3,6,9-10H,1,4-5,7,12H2,(H,13,16). The van der Waals surface area contributed by atoms with E-state index >= 15 is 0 Å². The summed E-state index contributed by atoms with van der Waals surface area (Å²) in [7, 11) is 0. The lowest BCUT2D eigenvalue weighted by atomic mass is 10.0. The Morgan fingerprint density at radius 2 is 2.44 bits per heavy atom. The van der Waals surface area contributed by atoms with Crippen LogP contribution >= 0.6 is 0 Å². The number of aromatic nitrogens is 2. The minimum Gasteiger partial charge on any atom is -0.350 e. The second-order valence-corrected chi connectivity index (χ2v) is 4.13. The minimum absolute atomic E-state index is 0.0156. The van der Waals surface area contributed by atoms with Crippen LogP contribution in [0.5, 0.6) is 0 Å². The molecular formula is C11H16N4O. The first-order valence-electron chi connectivity index (χ1n) is 5.57. The van der Waals surface area contributed by atoms with Crippen molar-refractivity contribution in [3.63, 3.8) is 0 Å². The molecule has 1 aromatic heterocycles. The van der Waals surface area contributed by atoms with Crippen LogP contribution in [0.25, 0.3) is 0 Å². The average Bonchev–Trinajstić information content (AvgIpc) is 2.74. The molecule has 0 aliphatic heterocycles. The largest absolute Gasteiger partial charge is 0.350 e. The number of amides is 1. The fourth-order valence-corrected chi connectivity index (χ4v) is 2.05. The first-order chi connectivity index (χ1) is 7.77. The quantitative estimate of drug-likeness (QED) is 0.763. The zero-order valence-corrected chi connectivity index (χ0v) is 9.10. The second-order valence-electron chi connectivity index (χ2n) is 4.13. The van der Waals surface area contributed by atoms with Crippen molar-refractivity contribution < 1.29 is 4.79 Å². The van der Waals surface area contributed by atoms with Gasteiger partial charge >= 0.3 is 0 Å². The molecule has 0 radical (unpaired) electrons. The lowest BCUT2D eigenvalue weighted by Crippen LogP contribution is -2.38. The highest BCUT2D eigenvalue weighted by Gasteiger charge is 2.29. The van der Waals surface area contributed by atoms with Crippen molar-refractivity contribution in [2.75, 3.05) is 0 Å². The average molecular weight is 220 g/mol. The summed E-state index contributed by atoms with van der Waals surface area (Å²) in [5.74, 6) is 0.00678. The number of nitrogens with zero attached hydrogens (tertiary/aromatic N) is 2. The van der Waals surface area contributed by atoms with Crippen molar-refractivity contribution in [1.82, 2.24) is 15.5 Å². The number of nitrogens with two attached hydrogens (primary N) is 1. The van der Waals surface area contributed by atoms with E-state index in [0.29, 0.717) is 6.54 Å². The molecule has 86 valence electrons. The molecule has 5 nitrogen and oxygen atoms in total. The van der Waals surface area contributed by atoms with Gasteiger partial charge in [0.05, 0.1) is 18.2 Å². The Bertz CT molecular complexity index is 354. The molecule has 2 unspecified atom stereocenters. The van der Waals surface area contributed by atoms with E-state index in [4.69, 9.17) is 5.73 Å². The summed E-state index contributed by atoms with van der Waals surface area (Å²) in [6, 6.07) is 3.65. The van der Waals surface area contributed by atoms with Gasteiger partial charge in [-0.1, -0.05) is 6.42 Å². The van der Waals surface area contributed by atoms with Crippen molar-refractivity contribution in [2.45, 2.75) is 31.8 Å². The van der Waals surface area contributed by atoms with E-state index < -0.39 is 0 Å². The Balaban J connectivity index is 1.84. The summed E-state index contributed by atoms with van der Waals surface area (Å²) in [5, 5.41) is 10.5. The van der Waals surface area contributed by atoms with E-state index in [1.807, 2.05) is 6.07 Å². The van der Waals surface area contributed by atoms with Crippen molar-refractivity contribution in [3.05, 3.63) is 24.0 Å². The lowest BCUT2D eigenvalue weighted by molar-refractivity contribution is -0.125. The molecule has 0 bridgehead atoms. The number of hydrogen-bond donors (Lipinski definition) is 2. The van der Waals surface area contributed by atoms with Gasteiger partial charge in [0.2, 0.25) is 5.91 Å². The lowest BCUT2D eigenvalue weighted by Gasteiger charge is -2.14. The molecule has 1 aliphatic rings. The van der Waals surface area contributed by atoms with E-state index in [1.165, 1.54) is 0 Å². The molecule has 2 rings (SSSR count). The molecule has 3 N–H and O–H groups in total.